The van der Waals surface area contributed by atoms with Crippen molar-refractivity contribution < 1.29 is 9.59 Å². The molecule has 1 N–H and O–H groups in total. The Balaban J connectivity index is 1.92. The number of anilines is 2. The maximum absolute atomic E-state index is 12.7. The van der Waals surface area contributed by atoms with Crippen molar-refractivity contribution in [2.45, 2.75) is 4.87 Å². The van der Waals surface area contributed by atoms with Gasteiger partial charge in [-0.25, -0.2) is 0 Å². The number of hydrogen-bond donors (Lipinski definition) is 1. The molecule has 110 valence electrons. The Bertz CT molecular complexity index is 793. The van der Waals surface area contributed by atoms with E-state index < -0.39 is 4.87 Å². The highest BCUT2D eigenvalue weighted by molar-refractivity contribution is 14.1. The third-order valence-corrected chi connectivity index (χ3v) is 6.02. The lowest BCUT2D eigenvalue weighted by atomic mass is 10.0. The van der Waals surface area contributed by atoms with E-state index in [1.165, 1.54) is 11.8 Å². The molecule has 0 aromatic heterocycles. The summed E-state index contributed by atoms with van der Waals surface area (Å²) in [7, 11) is 0. The van der Waals surface area contributed by atoms with Crippen molar-refractivity contribution >= 4 is 57.5 Å². The molecule has 2 aliphatic heterocycles. The van der Waals surface area contributed by atoms with E-state index in [0.717, 1.165) is 20.5 Å². The monoisotopic (exact) mass is 422 g/mol. The first kappa shape index (κ1) is 14.1. The van der Waals surface area contributed by atoms with E-state index in [9.17, 15) is 9.59 Å². The van der Waals surface area contributed by atoms with Gasteiger partial charge in [0.2, 0.25) is 10.8 Å². The number of fused-ring (bicyclic) bond motifs is 2. The van der Waals surface area contributed by atoms with Crippen molar-refractivity contribution in [1.29, 1.82) is 0 Å². The van der Waals surface area contributed by atoms with Crippen LogP contribution < -0.4 is 10.2 Å². The molecule has 1 saturated heterocycles. The highest BCUT2D eigenvalue weighted by atomic mass is 127. The van der Waals surface area contributed by atoms with Crippen molar-refractivity contribution in [3.63, 3.8) is 0 Å². The molecule has 0 aliphatic carbocycles. The second-order valence-corrected chi connectivity index (χ2v) is 7.55. The number of benzene rings is 2. The molecule has 1 fully saturated rings. The molecule has 0 bridgehead atoms. The minimum atomic E-state index is -0.986. The Morgan fingerprint density at radius 2 is 1.82 bits per heavy atom. The van der Waals surface area contributed by atoms with Gasteiger partial charge in [-0.05, 0) is 52.9 Å². The first-order valence-corrected chi connectivity index (χ1v) is 8.83. The lowest BCUT2D eigenvalue weighted by Gasteiger charge is -2.32. The third-order valence-electron chi connectivity index (χ3n) is 3.90. The zero-order chi connectivity index (χ0) is 15.3. The number of carbonyl (C=O) groups excluding carboxylic acids is 2. The molecule has 0 radical (unpaired) electrons. The van der Waals surface area contributed by atoms with E-state index in [4.69, 9.17) is 0 Å². The van der Waals surface area contributed by atoms with E-state index in [-0.39, 0.29) is 11.8 Å². The zero-order valence-corrected chi connectivity index (χ0v) is 14.3. The average Bonchev–Trinajstić information content (AvgIpc) is 3.00. The van der Waals surface area contributed by atoms with Crippen molar-refractivity contribution in [1.82, 2.24) is 0 Å². The van der Waals surface area contributed by atoms with Gasteiger partial charge in [-0.1, -0.05) is 18.2 Å². The predicted octanol–water partition coefficient (Wildman–Crippen LogP) is 3.18. The summed E-state index contributed by atoms with van der Waals surface area (Å²) in [5.41, 5.74) is 2.39. The maximum Gasteiger partial charge on any atom is 0.266 e. The normalized spacial score (nSPS) is 23.0. The molecule has 4 nitrogen and oxygen atoms in total. The van der Waals surface area contributed by atoms with E-state index >= 15 is 0 Å². The van der Waals surface area contributed by atoms with Crippen LogP contribution >= 0.6 is 34.4 Å². The van der Waals surface area contributed by atoms with Crippen molar-refractivity contribution in [3.8, 4) is 0 Å². The molecule has 22 heavy (non-hydrogen) atoms. The van der Waals surface area contributed by atoms with Gasteiger partial charge in [0, 0.05) is 20.5 Å². The number of para-hydroxylation sites is 1. The molecule has 2 heterocycles. The van der Waals surface area contributed by atoms with Gasteiger partial charge >= 0.3 is 0 Å². The van der Waals surface area contributed by atoms with Gasteiger partial charge in [0.05, 0.1) is 5.75 Å². The Morgan fingerprint density at radius 3 is 2.59 bits per heavy atom. The van der Waals surface area contributed by atoms with Crippen LogP contribution in [0.15, 0.2) is 48.5 Å². The van der Waals surface area contributed by atoms with Crippen LogP contribution in [0.4, 0.5) is 11.4 Å². The number of halogens is 1. The number of carbonyl (C=O) groups is 2. The van der Waals surface area contributed by atoms with Gasteiger partial charge in [0.25, 0.3) is 5.91 Å². The number of rotatable bonds is 1. The minimum Gasteiger partial charge on any atom is -0.323 e. The van der Waals surface area contributed by atoms with Gasteiger partial charge in [-0.2, -0.15) is 0 Å². The summed E-state index contributed by atoms with van der Waals surface area (Å²) < 4.78 is 1.09. The highest BCUT2D eigenvalue weighted by Gasteiger charge is 2.58. The van der Waals surface area contributed by atoms with Gasteiger partial charge < -0.3 is 5.32 Å². The van der Waals surface area contributed by atoms with Crippen LogP contribution in [-0.2, 0) is 14.5 Å². The topological polar surface area (TPSA) is 49.4 Å². The average molecular weight is 422 g/mol. The molecule has 1 spiro atoms. The molecule has 1 unspecified atom stereocenters. The standard InChI is InChI=1S/C16H11IN2O2S/c17-10-5-7-11(8-6-10)19-14(20)9-22-16(19)12-3-1-2-4-13(12)18-15(16)21/h1-8H,9H2,(H,18,21). The lowest BCUT2D eigenvalue weighted by Crippen LogP contribution is -2.47. The quantitative estimate of drug-likeness (QED) is 0.719. The Labute approximate surface area is 145 Å². The summed E-state index contributed by atoms with van der Waals surface area (Å²) in [6, 6.07) is 15.2. The van der Waals surface area contributed by atoms with Crippen LogP contribution in [-0.4, -0.2) is 17.6 Å². The lowest BCUT2D eigenvalue weighted by molar-refractivity contribution is -0.122. The van der Waals surface area contributed by atoms with Crippen molar-refractivity contribution in [3.05, 3.63) is 57.7 Å². The fraction of sp³-hybridized carbons (Fsp3) is 0.125. The largest absolute Gasteiger partial charge is 0.323 e. The highest BCUT2D eigenvalue weighted by Crippen LogP contribution is 2.53. The van der Waals surface area contributed by atoms with Crippen molar-refractivity contribution in [2.24, 2.45) is 0 Å². The molecular formula is C16H11IN2O2S. The first-order chi connectivity index (χ1) is 10.6. The summed E-state index contributed by atoms with van der Waals surface area (Å²) in [5, 5.41) is 2.91. The number of nitrogens with one attached hydrogen (secondary N) is 1. The van der Waals surface area contributed by atoms with Gasteiger partial charge in [-0.15, -0.1) is 11.8 Å². The molecule has 2 amide bonds. The molecule has 2 aliphatic rings. The summed E-state index contributed by atoms with van der Waals surface area (Å²) >= 11 is 3.60. The van der Waals surface area contributed by atoms with Crippen LogP contribution in [0, 0.1) is 3.57 Å². The molecule has 1 atom stereocenters. The van der Waals surface area contributed by atoms with Gasteiger partial charge in [0.1, 0.15) is 0 Å². The smallest absolute Gasteiger partial charge is 0.266 e. The fourth-order valence-electron chi connectivity index (χ4n) is 2.97. The van der Waals surface area contributed by atoms with E-state index in [2.05, 4.69) is 27.9 Å². The zero-order valence-electron chi connectivity index (χ0n) is 11.4. The molecule has 4 rings (SSSR count). The van der Waals surface area contributed by atoms with Crippen LogP contribution in [0.2, 0.25) is 0 Å². The Hall–Kier alpha value is -1.54. The molecular weight excluding hydrogens is 411 g/mol. The summed E-state index contributed by atoms with van der Waals surface area (Å²) in [6.45, 7) is 0. The Kier molecular flexibility index (Phi) is 3.19. The number of nitrogens with zero attached hydrogens (tertiary/aromatic N) is 1. The van der Waals surface area contributed by atoms with E-state index in [1.54, 1.807) is 4.90 Å². The second-order valence-electron chi connectivity index (χ2n) is 5.14. The van der Waals surface area contributed by atoms with Gasteiger partial charge in [0.15, 0.2) is 0 Å². The summed E-state index contributed by atoms with van der Waals surface area (Å²) in [6.07, 6.45) is 0. The van der Waals surface area contributed by atoms with Crippen LogP contribution in [0.25, 0.3) is 0 Å². The predicted molar refractivity (Wildman–Crippen MR) is 95.9 cm³/mol. The molecule has 2 aromatic carbocycles. The van der Waals surface area contributed by atoms with E-state index in [1.807, 2.05) is 48.5 Å². The second kappa shape index (κ2) is 4.99. The number of amides is 2. The molecule has 2 aromatic rings. The van der Waals surface area contributed by atoms with E-state index in [0.29, 0.717) is 5.75 Å². The van der Waals surface area contributed by atoms with Gasteiger partial charge in [-0.3, -0.25) is 14.5 Å². The fourth-order valence-corrected chi connectivity index (χ4v) is 4.64. The number of hydrogen-bond acceptors (Lipinski definition) is 3. The summed E-state index contributed by atoms with van der Waals surface area (Å²) in [4.78, 5) is 25.9. The van der Waals surface area contributed by atoms with Crippen LogP contribution in [0.1, 0.15) is 5.56 Å². The first-order valence-electron chi connectivity index (χ1n) is 6.76. The Morgan fingerprint density at radius 1 is 1.09 bits per heavy atom. The molecule has 0 saturated carbocycles. The third kappa shape index (κ3) is 1.83. The maximum atomic E-state index is 12.7. The van der Waals surface area contributed by atoms with Crippen molar-refractivity contribution in [2.75, 3.05) is 16.0 Å². The van der Waals surface area contributed by atoms with Crippen LogP contribution in [0.5, 0.6) is 0 Å². The SMILES string of the molecule is O=C1CSC2(C(=O)Nc3ccccc32)N1c1ccc(I)cc1. The number of thioether (sulfide) groups is 1. The van der Waals surface area contributed by atoms with Crippen LogP contribution in [0.3, 0.4) is 0 Å². The summed E-state index contributed by atoms with van der Waals surface area (Å²) in [5.74, 6) is 0.106. The minimum absolute atomic E-state index is 0.0435. The molecule has 6 heteroatoms.